The second-order valence-electron chi connectivity index (χ2n) is 8.38. The summed E-state index contributed by atoms with van der Waals surface area (Å²) in [5.74, 6) is 1.49. The number of nitrogens with one attached hydrogen (secondary N) is 1. The van der Waals surface area contributed by atoms with Gasteiger partial charge in [-0.15, -0.1) is 0 Å². The summed E-state index contributed by atoms with van der Waals surface area (Å²) >= 11 is 0. The highest BCUT2D eigenvalue weighted by molar-refractivity contribution is 5.81. The second-order valence-corrected chi connectivity index (χ2v) is 8.38. The van der Waals surface area contributed by atoms with Crippen molar-refractivity contribution < 1.29 is 9.53 Å². The summed E-state index contributed by atoms with van der Waals surface area (Å²) in [6.45, 7) is 6.34. The van der Waals surface area contributed by atoms with Crippen molar-refractivity contribution in [3.05, 3.63) is 60.4 Å². The molecule has 3 rings (SSSR count). The number of rotatable bonds is 9. The Balaban J connectivity index is 1.72. The van der Waals surface area contributed by atoms with Gasteiger partial charge in [-0.1, -0.05) is 44.2 Å². The third-order valence-corrected chi connectivity index (χ3v) is 4.65. The lowest BCUT2D eigenvalue weighted by atomic mass is 9.93. The van der Waals surface area contributed by atoms with Crippen LogP contribution in [0, 0.1) is 5.41 Å². The Labute approximate surface area is 172 Å². The number of benzene rings is 2. The van der Waals surface area contributed by atoms with E-state index in [9.17, 15) is 4.79 Å². The molecule has 0 aliphatic heterocycles. The van der Waals surface area contributed by atoms with Gasteiger partial charge in [0.25, 0.3) is 0 Å². The summed E-state index contributed by atoms with van der Waals surface area (Å²) in [4.78, 5) is 19.5. The molecule has 0 atom stereocenters. The van der Waals surface area contributed by atoms with Crippen LogP contribution < -0.4 is 10.1 Å². The normalized spacial score (nSPS) is 11.8. The van der Waals surface area contributed by atoms with Crippen molar-refractivity contribution in [1.29, 1.82) is 0 Å². The standard InChI is InChI=1S/C23H30N4O2/c1-23(2,17-26(3)4)16-24-22(28)14-27-20-13-9-8-12-19(20)25-21(27)15-29-18-10-6-5-7-11-18/h5-13H,14-17H2,1-4H3,(H,24,28). The summed E-state index contributed by atoms with van der Waals surface area (Å²) in [6, 6.07) is 17.5. The van der Waals surface area contributed by atoms with Gasteiger partial charge in [0, 0.05) is 13.1 Å². The molecule has 29 heavy (non-hydrogen) atoms. The highest BCUT2D eigenvalue weighted by atomic mass is 16.5. The SMILES string of the molecule is CN(C)CC(C)(C)CNC(=O)Cn1c(COc2ccccc2)nc2ccccc21. The van der Waals surface area contributed by atoms with E-state index in [0.29, 0.717) is 13.2 Å². The minimum Gasteiger partial charge on any atom is -0.486 e. The van der Waals surface area contributed by atoms with Crippen LogP contribution in [0.2, 0.25) is 0 Å². The molecule has 1 heterocycles. The van der Waals surface area contributed by atoms with Gasteiger partial charge in [0.05, 0.1) is 11.0 Å². The van der Waals surface area contributed by atoms with Crippen LogP contribution in [-0.2, 0) is 17.9 Å². The van der Waals surface area contributed by atoms with Gasteiger partial charge in [-0.25, -0.2) is 4.98 Å². The second kappa shape index (κ2) is 9.09. The Morgan fingerprint density at radius 1 is 1.10 bits per heavy atom. The minimum atomic E-state index is -0.0269. The van der Waals surface area contributed by atoms with Gasteiger partial charge < -0.3 is 19.5 Å². The number of amides is 1. The average molecular weight is 395 g/mol. The first-order valence-electron chi connectivity index (χ1n) is 9.87. The molecule has 0 unspecified atom stereocenters. The number of ether oxygens (including phenoxy) is 1. The van der Waals surface area contributed by atoms with Crippen molar-refractivity contribution in [2.45, 2.75) is 27.0 Å². The summed E-state index contributed by atoms with van der Waals surface area (Å²) in [7, 11) is 4.08. The molecule has 3 aromatic rings. The fraction of sp³-hybridized carbons (Fsp3) is 0.391. The Morgan fingerprint density at radius 3 is 2.52 bits per heavy atom. The first kappa shape index (κ1) is 20.9. The lowest BCUT2D eigenvalue weighted by Crippen LogP contribution is -2.41. The number of carbonyl (C=O) groups is 1. The Kier molecular flexibility index (Phi) is 6.54. The first-order valence-corrected chi connectivity index (χ1v) is 9.87. The van der Waals surface area contributed by atoms with Crippen molar-refractivity contribution in [3.8, 4) is 5.75 Å². The number of para-hydroxylation sites is 3. The number of hydrogen-bond acceptors (Lipinski definition) is 4. The molecule has 0 saturated heterocycles. The molecule has 0 spiro atoms. The van der Waals surface area contributed by atoms with Crippen LogP contribution >= 0.6 is 0 Å². The van der Waals surface area contributed by atoms with E-state index in [1.165, 1.54) is 0 Å². The van der Waals surface area contributed by atoms with Crippen LogP contribution in [0.4, 0.5) is 0 Å². The lowest BCUT2D eigenvalue weighted by molar-refractivity contribution is -0.122. The maximum Gasteiger partial charge on any atom is 0.240 e. The van der Waals surface area contributed by atoms with Gasteiger partial charge >= 0.3 is 0 Å². The Hall–Kier alpha value is -2.86. The van der Waals surface area contributed by atoms with E-state index in [1.54, 1.807) is 0 Å². The van der Waals surface area contributed by atoms with E-state index in [-0.39, 0.29) is 17.9 Å². The molecule has 1 amide bonds. The number of nitrogens with zero attached hydrogens (tertiary/aromatic N) is 3. The van der Waals surface area contributed by atoms with Crippen molar-refractivity contribution in [2.24, 2.45) is 5.41 Å². The van der Waals surface area contributed by atoms with E-state index in [2.05, 4.69) is 29.0 Å². The van der Waals surface area contributed by atoms with Crippen LogP contribution in [0.3, 0.4) is 0 Å². The molecule has 2 aromatic carbocycles. The van der Waals surface area contributed by atoms with Crippen LogP contribution in [0.25, 0.3) is 11.0 Å². The summed E-state index contributed by atoms with van der Waals surface area (Å²) in [5.41, 5.74) is 1.79. The third-order valence-electron chi connectivity index (χ3n) is 4.65. The van der Waals surface area contributed by atoms with Crippen molar-refractivity contribution in [3.63, 3.8) is 0 Å². The molecule has 0 radical (unpaired) electrons. The van der Waals surface area contributed by atoms with E-state index >= 15 is 0 Å². The van der Waals surface area contributed by atoms with Crippen molar-refractivity contribution in [2.75, 3.05) is 27.2 Å². The number of hydrogen-bond donors (Lipinski definition) is 1. The molecule has 6 heteroatoms. The molecule has 0 aliphatic carbocycles. The van der Waals surface area contributed by atoms with E-state index in [1.807, 2.05) is 73.3 Å². The summed E-state index contributed by atoms with van der Waals surface area (Å²) in [6.07, 6.45) is 0. The molecule has 0 aliphatic rings. The predicted molar refractivity (Wildman–Crippen MR) is 116 cm³/mol. The van der Waals surface area contributed by atoms with Gasteiger partial charge in [0.1, 0.15) is 24.7 Å². The van der Waals surface area contributed by atoms with Gasteiger partial charge in [-0.3, -0.25) is 4.79 Å². The molecule has 154 valence electrons. The maximum atomic E-state index is 12.7. The monoisotopic (exact) mass is 394 g/mol. The molecular formula is C23H30N4O2. The Morgan fingerprint density at radius 2 is 1.79 bits per heavy atom. The molecule has 0 fully saturated rings. The highest BCUT2D eigenvalue weighted by Crippen LogP contribution is 2.19. The number of imidazole rings is 1. The van der Waals surface area contributed by atoms with Gasteiger partial charge in [0.2, 0.25) is 5.91 Å². The molecule has 1 aromatic heterocycles. The molecular weight excluding hydrogens is 364 g/mol. The van der Waals surface area contributed by atoms with Crippen LogP contribution in [0.1, 0.15) is 19.7 Å². The van der Waals surface area contributed by atoms with Crippen molar-refractivity contribution >= 4 is 16.9 Å². The fourth-order valence-corrected chi connectivity index (χ4v) is 3.53. The van der Waals surface area contributed by atoms with Crippen LogP contribution in [0.5, 0.6) is 5.75 Å². The van der Waals surface area contributed by atoms with Gasteiger partial charge in [0.15, 0.2) is 0 Å². The van der Waals surface area contributed by atoms with E-state index in [4.69, 9.17) is 4.74 Å². The first-order chi connectivity index (χ1) is 13.8. The lowest BCUT2D eigenvalue weighted by Gasteiger charge is -2.28. The van der Waals surface area contributed by atoms with Crippen molar-refractivity contribution in [1.82, 2.24) is 19.8 Å². The highest BCUT2D eigenvalue weighted by Gasteiger charge is 2.21. The minimum absolute atomic E-state index is 0.00455. The molecule has 0 bridgehead atoms. The zero-order valence-corrected chi connectivity index (χ0v) is 17.7. The average Bonchev–Trinajstić information content (AvgIpc) is 3.02. The van der Waals surface area contributed by atoms with Gasteiger partial charge in [-0.2, -0.15) is 0 Å². The quantitative estimate of drug-likeness (QED) is 0.605. The largest absolute Gasteiger partial charge is 0.486 e. The van der Waals surface area contributed by atoms with Gasteiger partial charge in [-0.05, 0) is 43.8 Å². The van der Waals surface area contributed by atoms with E-state index < -0.39 is 0 Å². The smallest absolute Gasteiger partial charge is 0.240 e. The predicted octanol–water partition coefficient (Wildman–Crippen LogP) is 3.32. The molecule has 0 saturated carbocycles. The van der Waals surface area contributed by atoms with Crippen LogP contribution in [-0.4, -0.2) is 47.5 Å². The fourth-order valence-electron chi connectivity index (χ4n) is 3.53. The Bertz CT molecular complexity index is 948. The molecule has 6 nitrogen and oxygen atoms in total. The number of carbonyl (C=O) groups excluding carboxylic acids is 1. The van der Waals surface area contributed by atoms with Crippen LogP contribution in [0.15, 0.2) is 54.6 Å². The summed E-state index contributed by atoms with van der Waals surface area (Å²) < 4.78 is 7.82. The summed E-state index contributed by atoms with van der Waals surface area (Å²) in [5, 5.41) is 3.08. The zero-order chi connectivity index (χ0) is 20.9. The number of aromatic nitrogens is 2. The number of fused-ring (bicyclic) bond motifs is 1. The van der Waals surface area contributed by atoms with E-state index in [0.717, 1.165) is 29.2 Å². The third kappa shape index (κ3) is 5.81. The topological polar surface area (TPSA) is 59.4 Å². The zero-order valence-electron chi connectivity index (χ0n) is 17.7. The molecule has 1 N–H and O–H groups in total. The maximum absolute atomic E-state index is 12.7.